The molecule has 0 saturated carbocycles. The Morgan fingerprint density at radius 3 is 2.16 bits per heavy atom. The van der Waals surface area contributed by atoms with Gasteiger partial charge in [-0.25, -0.2) is 9.59 Å². The van der Waals surface area contributed by atoms with Crippen LogP contribution in [0.3, 0.4) is 0 Å². The van der Waals surface area contributed by atoms with Crippen LogP contribution in [0.4, 0.5) is 9.59 Å². The van der Waals surface area contributed by atoms with Gasteiger partial charge in [0.2, 0.25) is 5.78 Å². The number of alkyl carbamates (subject to hydrolysis) is 1. The molecule has 3 aromatic carbocycles. The zero-order valence-electron chi connectivity index (χ0n) is 26.5. The average molecular weight is 614 g/mol. The van der Waals surface area contributed by atoms with E-state index in [-0.39, 0.29) is 19.2 Å². The van der Waals surface area contributed by atoms with Crippen LogP contribution in [-0.2, 0) is 25.7 Å². The summed E-state index contributed by atoms with van der Waals surface area (Å²) in [5.41, 5.74) is 3.35. The van der Waals surface area contributed by atoms with Crippen LogP contribution in [0.1, 0.15) is 64.1 Å². The molecule has 0 bridgehead atoms. The minimum Gasteiger partial charge on any atom is -0.445 e. The molecule has 9 nitrogen and oxygen atoms in total. The van der Waals surface area contributed by atoms with Crippen LogP contribution in [0.5, 0.6) is 0 Å². The maximum absolute atomic E-state index is 13.1. The lowest BCUT2D eigenvalue weighted by molar-refractivity contribution is -0.139. The predicted molar refractivity (Wildman–Crippen MR) is 172 cm³/mol. The molecule has 3 atom stereocenters. The zero-order valence-corrected chi connectivity index (χ0v) is 26.5. The summed E-state index contributed by atoms with van der Waals surface area (Å²) in [6.45, 7) is 8.15. The van der Waals surface area contributed by atoms with Gasteiger partial charge in [0, 0.05) is 12.0 Å². The number of Topliss-reactive ketones (excluding diaryl/α,β-unsaturated/α-hetero) is 1. The molecule has 9 heteroatoms. The van der Waals surface area contributed by atoms with Gasteiger partial charge in [-0.05, 0) is 35.6 Å². The highest BCUT2D eigenvalue weighted by atomic mass is 16.6. The van der Waals surface area contributed by atoms with Gasteiger partial charge < -0.3 is 25.0 Å². The van der Waals surface area contributed by atoms with Crippen molar-refractivity contribution in [2.45, 2.75) is 71.8 Å². The van der Waals surface area contributed by atoms with Crippen LogP contribution in [0.15, 0.2) is 84.9 Å². The molecule has 0 spiro atoms. The molecule has 1 fully saturated rings. The highest BCUT2D eigenvalue weighted by molar-refractivity contribution is 6.38. The number of ketones is 1. The van der Waals surface area contributed by atoms with Gasteiger partial charge in [-0.15, -0.1) is 0 Å². The minimum absolute atomic E-state index is 0.114. The number of unbranched alkanes of at least 4 members (excludes halogenated alkanes) is 1. The summed E-state index contributed by atoms with van der Waals surface area (Å²) >= 11 is 0. The lowest BCUT2D eigenvalue weighted by Gasteiger charge is -2.26. The molecule has 0 unspecified atom stereocenters. The van der Waals surface area contributed by atoms with E-state index in [1.165, 1.54) is 4.90 Å². The second kappa shape index (κ2) is 15.4. The first-order valence-electron chi connectivity index (χ1n) is 15.5. The average Bonchev–Trinajstić information content (AvgIpc) is 3.35. The van der Waals surface area contributed by atoms with Crippen LogP contribution >= 0.6 is 0 Å². The monoisotopic (exact) mass is 613 g/mol. The molecule has 0 radical (unpaired) electrons. The Morgan fingerprint density at radius 2 is 1.51 bits per heavy atom. The molecular formula is C36H43N3O6. The first-order chi connectivity index (χ1) is 21.6. The van der Waals surface area contributed by atoms with Crippen LogP contribution in [0.25, 0.3) is 11.1 Å². The molecule has 1 aliphatic rings. The van der Waals surface area contributed by atoms with Gasteiger partial charge in [-0.3, -0.25) is 9.59 Å². The van der Waals surface area contributed by atoms with Gasteiger partial charge in [0.15, 0.2) is 0 Å². The number of rotatable bonds is 12. The smallest absolute Gasteiger partial charge is 0.410 e. The van der Waals surface area contributed by atoms with E-state index in [9.17, 15) is 19.2 Å². The molecule has 1 aliphatic heterocycles. The number of likely N-dealkylation sites (tertiary alicyclic amines) is 1. The van der Waals surface area contributed by atoms with Gasteiger partial charge in [-0.2, -0.15) is 0 Å². The van der Waals surface area contributed by atoms with Gasteiger partial charge >= 0.3 is 12.2 Å². The third kappa shape index (κ3) is 9.17. The van der Waals surface area contributed by atoms with Crippen molar-refractivity contribution < 1.29 is 28.7 Å². The maximum Gasteiger partial charge on any atom is 0.410 e. The molecule has 1 heterocycles. The van der Waals surface area contributed by atoms with Crippen molar-refractivity contribution in [3.05, 3.63) is 96.1 Å². The standard InChI is InChI=1S/C36H43N3O6/c1-5-6-17-30(32(40)33(41)37-25(2)27-13-9-7-10-14-27)38-34(42)45-31-22-39(24-36(31,3)4)35(43)44-23-26-18-20-29(21-19-26)28-15-11-8-12-16-28/h7-16,18-21,25,30-31H,5-6,17,22-24H2,1-4H3,(H,37,41)(H,38,42)/t25-,30+,31+/m1/s1. The number of amides is 3. The Hall–Kier alpha value is -4.66. The fourth-order valence-corrected chi connectivity index (χ4v) is 5.34. The number of carbonyl (C=O) groups excluding carboxylic acids is 4. The molecule has 3 amide bonds. The molecule has 2 N–H and O–H groups in total. The fourth-order valence-electron chi connectivity index (χ4n) is 5.34. The fraction of sp³-hybridized carbons (Fsp3) is 0.389. The third-order valence-corrected chi connectivity index (χ3v) is 8.11. The highest BCUT2D eigenvalue weighted by Crippen LogP contribution is 2.32. The zero-order chi connectivity index (χ0) is 32.4. The maximum atomic E-state index is 13.1. The van der Waals surface area contributed by atoms with Crippen molar-refractivity contribution in [2.75, 3.05) is 13.1 Å². The summed E-state index contributed by atoms with van der Waals surface area (Å²) in [6.07, 6.45) is -0.212. The van der Waals surface area contributed by atoms with Crippen molar-refractivity contribution in [1.29, 1.82) is 0 Å². The summed E-state index contributed by atoms with van der Waals surface area (Å²) in [5.74, 6) is -1.49. The van der Waals surface area contributed by atoms with E-state index in [1.807, 2.05) is 106 Å². The Morgan fingerprint density at radius 1 is 0.889 bits per heavy atom. The van der Waals surface area contributed by atoms with Crippen molar-refractivity contribution >= 4 is 23.9 Å². The van der Waals surface area contributed by atoms with E-state index < -0.39 is 41.4 Å². The number of nitrogens with zero attached hydrogens (tertiary/aromatic N) is 1. The number of nitrogens with one attached hydrogen (secondary N) is 2. The first-order valence-corrected chi connectivity index (χ1v) is 15.5. The predicted octanol–water partition coefficient (Wildman–Crippen LogP) is 6.43. The Kier molecular flexibility index (Phi) is 11.4. The molecule has 0 aliphatic carbocycles. The van der Waals surface area contributed by atoms with Crippen molar-refractivity contribution in [1.82, 2.24) is 15.5 Å². The summed E-state index contributed by atoms with van der Waals surface area (Å²) in [6, 6.07) is 25.8. The molecule has 45 heavy (non-hydrogen) atoms. The van der Waals surface area contributed by atoms with E-state index in [4.69, 9.17) is 9.47 Å². The molecule has 0 aromatic heterocycles. The number of hydrogen-bond acceptors (Lipinski definition) is 6. The van der Waals surface area contributed by atoms with Crippen molar-refractivity contribution in [2.24, 2.45) is 5.41 Å². The molecule has 4 rings (SSSR count). The SMILES string of the molecule is CCCC[C@H](NC(=O)O[C@H]1CN(C(=O)OCc2ccc(-c3ccccc3)cc2)CC1(C)C)C(=O)C(=O)N[C@H](C)c1ccccc1. The molecule has 3 aromatic rings. The third-order valence-electron chi connectivity index (χ3n) is 8.11. The largest absolute Gasteiger partial charge is 0.445 e. The van der Waals surface area contributed by atoms with Crippen LogP contribution < -0.4 is 10.6 Å². The summed E-state index contributed by atoms with van der Waals surface area (Å²) in [7, 11) is 0. The molecule has 1 saturated heterocycles. The quantitative estimate of drug-likeness (QED) is 0.228. The Labute approximate surface area is 265 Å². The van der Waals surface area contributed by atoms with Gasteiger partial charge in [-0.1, -0.05) is 119 Å². The van der Waals surface area contributed by atoms with E-state index >= 15 is 0 Å². The number of ether oxygens (including phenoxy) is 2. The topological polar surface area (TPSA) is 114 Å². The second-order valence-electron chi connectivity index (χ2n) is 12.2. The van der Waals surface area contributed by atoms with E-state index in [0.717, 1.165) is 28.7 Å². The summed E-state index contributed by atoms with van der Waals surface area (Å²) in [4.78, 5) is 53.4. The first kappa shape index (κ1) is 33.2. The minimum atomic E-state index is -1.03. The molecule has 238 valence electrons. The van der Waals surface area contributed by atoms with Crippen molar-refractivity contribution in [3.8, 4) is 11.1 Å². The number of benzene rings is 3. The summed E-state index contributed by atoms with van der Waals surface area (Å²) < 4.78 is 11.3. The van der Waals surface area contributed by atoms with Gasteiger partial charge in [0.05, 0.1) is 12.6 Å². The Bertz CT molecular complexity index is 1440. The van der Waals surface area contributed by atoms with Gasteiger partial charge in [0.25, 0.3) is 5.91 Å². The van der Waals surface area contributed by atoms with Crippen molar-refractivity contribution in [3.63, 3.8) is 0 Å². The summed E-state index contributed by atoms with van der Waals surface area (Å²) in [5, 5.41) is 5.34. The van der Waals surface area contributed by atoms with E-state index in [2.05, 4.69) is 10.6 Å². The van der Waals surface area contributed by atoms with Gasteiger partial charge in [0.1, 0.15) is 18.8 Å². The number of carbonyl (C=O) groups is 4. The van der Waals surface area contributed by atoms with E-state index in [0.29, 0.717) is 19.4 Å². The Balaban J connectivity index is 1.29. The lowest BCUT2D eigenvalue weighted by Crippen LogP contribution is -2.49. The molecular weight excluding hydrogens is 570 g/mol. The normalized spacial score (nSPS) is 16.7. The van der Waals surface area contributed by atoms with Crippen LogP contribution in [0.2, 0.25) is 0 Å². The second-order valence-corrected chi connectivity index (χ2v) is 12.2. The highest BCUT2D eigenvalue weighted by Gasteiger charge is 2.45. The lowest BCUT2D eigenvalue weighted by atomic mass is 9.90. The number of hydrogen-bond donors (Lipinski definition) is 2. The van der Waals surface area contributed by atoms with E-state index in [1.54, 1.807) is 6.92 Å². The van der Waals surface area contributed by atoms with Crippen LogP contribution in [-0.4, -0.2) is 54.0 Å². The van der Waals surface area contributed by atoms with Crippen LogP contribution in [0, 0.1) is 5.41 Å².